The van der Waals surface area contributed by atoms with E-state index in [2.05, 4.69) is 40.3 Å². The lowest BCUT2D eigenvalue weighted by Gasteiger charge is -2.36. The highest BCUT2D eigenvalue weighted by Crippen LogP contribution is 2.34. The number of aromatic nitrogens is 2. The number of amides is 2. The molecule has 9 heteroatoms. The third kappa shape index (κ3) is 5.72. The maximum absolute atomic E-state index is 13.3. The molecular formula is C26H28F3N5O. The molecule has 0 radical (unpaired) electrons. The van der Waals surface area contributed by atoms with Crippen molar-refractivity contribution in [2.75, 3.05) is 36.4 Å². The Morgan fingerprint density at radius 2 is 1.69 bits per heavy atom. The van der Waals surface area contributed by atoms with Crippen LogP contribution in [0.25, 0.3) is 0 Å². The standard InChI is InChI=1S/C26H28F3N5O/c1-17-7-6-8-20(15-17)16-21-18(2)30-19(3)31-24(21)33-11-13-34(14-12-33)25(35)32-23-10-5-4-9-22(23)26(27,28)29/h4-10,15H,11-14,16H2,1-3H3,(H,32,35). The minimum Gasteiger partial charge on any atom is -0.353 e. The lowest BCUT2D eigenvalue weighted by atomic mass is 10.0. The van der Waals surface area contributed by atoms with E-state index in [9.17, 15) is 18.0 Å². The molecule has 4 rings (SSSR count). The summed E-state index contributed by atoms with van der Waals surface area (Å²) in [7, 11) is 0. The molecule has 1 aliphatic heterocycles. The highest BCUT2D eigenvalue weighted by atomic mass is 19.4. The number of nitrogens with zero attached hydrogens (tertiary/aromatic N) is 4. The molecule has 184 valence electrons. The lowest BCUT2D eigenvalue weighted by molar-refractivity contribution is -0.136. The number of anilines is 2. The molecule has 0 aliphatic carbocycles. The quantitative estimate of drug-likeness (QED) is 0.542. The minimum atomic E-state index is -4.54. The molecule has 0 saturated carbocycles. The maximum atomic E-state index is 13.3. The number of benzene rings is 2. The van der Waals surface area contributed by atoms with Gasteiger partial charge in [-0.25, -0.2) is 14.8 Å². The molecule has 2 aromatic carbocycles. The molecule has 2 heterocycles. The van der Waals surface area contributed by atoms with Gasteiger partial charge in [-0.2, -0.15) is 13.2 Å². The van der Waals surface area contributed by atoms with Crippen molar-refractivity contribution in [3.8, 4) is 0 Å². The Balaban J connectivity index is 1.48. The van der Waals surface area contributed by atoms with E-state index >= 15 is 0 Å². The van der Waals surface area contributed by atoms with Crippen molar-refractivity contribution in [3.05, 3.63) is 82.3 Å². The molecular weight excluding hydrogens is 455 g/mol. The molecule has 0 atom stereocenters. The number of carbonyl (C=O) groups excluding carboxylic acids is 1. The molecule has 2 amide bonds. The third-order valence-corrected chi connectivity index (χ3v) is 6.11. The number of halogens is 3. The normalized spacial score (nSPS) is 14.2. The number of urea groups is 1. The summed E-state index contributed by atoms with van der Waals surface area (Å²) < 4.78 is 39.8. The fourth-order valence-corrected chi connectivity index (χ4v) is 4.37. The van der Waals surface area contributed by atoms with Gasteiger partial charge in [0.2, 0.25) is 0 Å². The van der Waals surface area contributed by atoms with Crippen molar-refractivity contribution in [1.82, 2.24) is 14.9 Å². The van der Waals surface area contributed by atoms with E-state index in [0.717, 1.165) is 23.1 Å². The van der Waals surface area contributed by atoms with Gasteiger partial charge >= 0.3 is 12.2 Å². The van der Waals surface area contributed by atoms with Crippen molar-refractivity contribution in [2.24, 2.45) is 0 Å². The van der Waals surface area contributed by atoms with Crippen LogP contribution in [0.15, 0.2) is 48.5 Å². The molecule has 3 aromatic rings. The number of rotatable bonds is 4. The van der Waals surface area contributed by atoms with E-state index in [4.69, 9.17) is 4.98 Å². The van der Waals surface area contributed by atoms with Crippen LogP contribution in [0, 0.1) is 20.8 Å². The Morgan fingerprint density at radius 3 is 2.37 bits per heavy atom. The van der Waals surface area contributed by atoms with Crippen LogP contribution in [0.3, 0.4) is 0 Å². The molecule has 1 aliphatic rings. The Hall–Kier alpha value is -3.62. The first-order valence-electron chi connectivity index (χ1n) is 11.5. The van der Waals surface area contributed by atoms with Crippen LogP contribution in [0.5, 0.6) is 0 Å². The average Bonchev–Trinajstić information content (AvgIpc) is 2.80. The largest absolute Gasteiger partial charge is 0.418 e. The van der Waals surface area contributed by atoms with Gasteiger partial charge in [0.05, 0.1) is 11.3 Å². The summed E-state index contributed by atoms with van der Waals surface area (Å²) in [6, 6.07) is 12.8. The van der Waals surface area contributed by atoms with Gasteiger partial charge in [-0.05, 0) is 38.5 Å². The van der Waals surface area contributed by atoms with Crippen molar-refractivity contribution < 1.29 is 18.0 Å². The molecule has 35 heavy (non-hydrogen) atoms. The van der Waals surface area contributed by atoms with Crippen molar-refractivity contribution in [3.63, 3.8) is 0 Å². The van der Waals surface area contributed by atoms with E-state index < -0.39 is 17.8 Å². The lowest BCUT2D eigenvalue weighted by Crippen LogP contribution is -2.50. The number of nitrogens with one attached hydrogen (secondary N) is 1. The van der Waals surface area contributed by atoms with Crippen LogP contribution in [0.2, 0.25) is 0 Å². The SMILES string of the molecule is Cc1cccc(Cc2c(C)nc(C)nc2N2CCN(C(=O)Nc3ccccc3C(F)(F)F)CC2)c1. The van der Waals surface area contributed by atoms with Gasteiger partial charge in [0.15, 0.2) is 0 Å². The van der Waals surface area contributed by atoms with Gasteiger partial charge in [0, 0.05) is 43.9 Å². The van der Waals surface area contributed by atoms with E-state index in [1.54, 1.807) is 0 Å². The second-order valence-corrected chi connectivity index (χ2v) is 8.77. The predicted molar refractivity (Wildman–Crippen MR) is 130 cm³/mol. The van der Waals surface area contributed by atoms with Crippen molar-refractivity contribution in [1.29, 1.82) is 0 Å². The fraction of sp³-hybridized carbons (Fsp3) is 0.346. The van der Waals surface area contributed by atoms with Crippen LogP contribution in [-0.2, 0) is 12.6 Å². The number of hydrogen-bond donors (Lipinski definition) is 1. The average molecular weight is 484 g/mol. The molecule has 1 N–H and O–H groups in total. The van der Waals surface area contributed by atoms with E-state index in [-0.39, 0.29) is 5.69 Å². The summed E-state index contributed by atoms with van der Waals surface area (Å²) in [6.07, 6.45) is -3.85. The maximum Gasteiger partial charge on any atom is 0.418 e. The van der Waals surface area contributed by atoms with Gasteiger partial charge in [-0.3, -0.25) is 0 Å². The number of para-hydroxylation sites is 1. The Morgan fingerprint density at radius 1 is 0.971 bits per heavy atom. The first-order chi connectivity index (χ1) is 16.6. The summed E-state index contributed by atoms with van der Waals surface area (Å²) in [5.41, 5.74) is 3.20. The molecule has 0 bridgehead atoms. The number of carbonyl (C=O) groups is 1. The number of aryl methyl sites for hydroxylation is 3. The summed E-state index contributed by atoms with van der Waals surface area (Å²) in [5.74, 6) is 1.52. The van der Waals surface area contributed by atoms with Crippen molar-refractivity contribution >= 4 is 17.5 Å². The summed E-state index contributed by atoms with van der Waals surface area (Å²) >= 11 is 0. The first-order valence-corrected chi connectivity index (χ1v) is 11.5. The Bertz CT molecular complexity index is 1220. The molecule has 1 saturated heterocycles. The van der Waals surface area contributed by atoms with E-state index in [1.807, 2.05) is 19.9 Å². The summed E-state index contributed by atoms with van der Waals surface area (Å²) in [5, 5.41) is 2.43. The van der Waals surface area contributed by atoms with Crippen LogP contribution in [-0.4, -0.2) is 47.1 Å². The van der Waals surface area contributed by atoms with Gasteiger partial charge < -0.3 is 15.1 Å². The summed E-state index contributed by atoms with van der Waals surface area (Å²) in [6.45, 7) is 7.66. The fourth-order valence-electron chi connectivity index (χ4n) is 4.37. The number of piperazine rings is 1. The Labute approximate surface area is 202 Å². The van der Waals surface area contributed by atoms with Gasteiger partial charge in [-0.15, -0.1) is 0 Å². The molecule has 1 fully saturated rings. The van der Waals surface area contributed by atoms with Crippen LogP contribution >= 0.6 is 0 Å². The zero-order valence-electron chi connectivity index (χ0n) is 20.0. The van der Waals surface area contributed by atoms with Crippen LogP contribution < -0.4 is 10.2 Å². The number of hydrogen-bond acceptors (Lipinski definition) is 4. The van der Waals surface area contributed by atoms with Gasteiger partial charge in [-0.1, -0.05) is 42.0 Å². The minimum absolute atomic E-state index is 0.241. The second kappa shape index (κ2) is 9.93. The van der Waals surface area contributed by atoms with E-state index in [1.165, 1.54) is 34.2 Å². The zero-order chi connectivity index (χ0) is 25.2. The van der Waals surface area contributed by atoms with Crippen LogP contribution in [0.4, 0.5) is 29.5 Å². The molecule has 6 nitrogen and oxygen atoms in total. The highest BCUT2D eigenvalue weighted by molar-refractivity contribution is 5.90. The monoisotopic (exact) mass is 483 g/mol. The predicted octanol–water partition coefficient (Wildman–Crippen LogP) is 5.37. The topological polar surface area (TPSA) is 61.4 Å². The Kier molecular flexibility index (Phi) is 6.95. The highest BCUT2D eigenvalue weighted by Gasteiger charge is 2.34. The molecule has 0 unspecified atom stereocenters. The first kappa shape index (κ1) is 24.5. The van der Waals surface area contributed by atoms with E-state index in [0.29, 0.717) is 38.4 Å². The zero-order valence-corrected chi connectivity index (χ0v) is 20.0. The third-order valence-electron chi connectivity index (χ3n) is 6.11. The smallest absolute Gasteiger partial charge is 0.353 e. The summed E-state index contributed by atoms with van der Waals surface area (Å²) in [4.78, 5) is 25.7. The van der Waals surface area contributed by atoms with Crippen LogP contribution in [0.1, 0.15) is 33.8 Å². The van der Waals surface area contributed by atoms with Gasteiger partial charge in [0.1, 0.15) is 11.6 Å². The molecule has 1 aromatic heterocycles. The van der Waals surface area contributed by atoms with Gasteiger partial charge in [0.25, 0.3) is 0 Å². The molecule has 0 spiro atoms. The second-order valence-electron chi connectivity index (χ2n) is 8.77. The number of alkyl halides is 3. The van der Waals surface area contributed by atoms with Crippen molar-refractivity contribution in [2.45, 2.75) is 33.4 Å².